The maximum Gasteiger partial charge on any atom is 0.122 e. The molecule has 0 aromatic heterocycles. The van der Waals surface area contributed by atoms with E-state index in [9.17, 15) is 0 Å². The summed E-state index contributed by atoms with van der Waals surface area (Å²) in [6.45, 7) is 2.54. The molecule has 4 heteroatoms. The Bertz CT molecular complexity index is 331. The van der Waals surface area contributed by atoms with Crippen molar-refractivity contribution in [3.8, 4) is 5.75 Å². The Kier molecular flexibility index (Phi) is 5.60. The minimum atomic E-state index is 0.684. The molecule has 0 aliphatic heterocycles. The predicted octanol–water partition coefficient (Wildman–Crippen LogP) is 1.78. The number of hydrogen-bond donors (Lipinski definition) is 1. The SMILES string of the molecule is COc1ccc(Cl)cc1CCN(C)CCN. The Morgan fingerprint density at radius 2 is 2.12 bits per heavy atom. The largest absolute Gasteiger partial charge is 0.496 e. The van der Waals surface area contributed by atoms with Gasteiger partial charge in [-0.2, -0.15) is 0 Å². The van der Waals surface area contributed by atoms with Crippen LogP contribution in [0.15, 0.2) is 18.2 Å². The molecule has 0 aliphatic rings. The fraction of sp³-hybridized carbons (Fsp3) is 0.500. The van der Waals surface area contributed by atoms with Crippen molar-refractivity contribution in [1.29, 1.82) is 0 Å². The number of hydrogen-bond acceptors (Lipinski definition) is 3. The van der Waals surface area contributed by atoms with Crippen LogP contribution in [-0.2, 0) is 6.42 Å². The van der Waals surface area contributed by atoms with Crippen molar-refractivity contribution in [1.82, 2.24) is 4.90 Å². The van der Waals surface area contributed by atoms with Crippen molar-refractivity contribution in [2.75, 3.05) is 33.8 Å². The zero-order valence-electron chi connectivity index (χ0n) is 9.87. The molecule has 3 nitrogen and oxygen atoms in total. The standard InChI is InChI=1S/C12H19ClN2O/c1-15(8-6-14)7-5-10-9-11(13)3-4-12(10)16-2/h3-4,9H,5-8,14H2,1-2H3. The van der Waals surface area contributed by atoms with Crippen LogP contribution >= 0.6 is 11.6 Å². The molecule has 16 heavy (non-hydrogen) atoms. The molecule has 1 aromatic rings. The van der Waals surface area contributed by atoms with Crippen LogP contribution in [0.25, 0.3) is 0 Å². The van der Waals surface area contributed by atoms with E-state index in [1.165, 1.54) is 0 Å². The second-order valence-corrected chi connectivity index (χ2v) is 4.23. The van der Waals surface area contributed by atoms with Gasteiger partial charge in [0.15, 0.2) is 0 Å². The van der Waals surface area contributed by atoms with E-state index in [4.69, 9.17) is 22.1 Å². The van der Waals surface area contributed by atoms with Crippen molar-refractivity contribution in [2.24, 2.45) is 5.73 Å². The summed E-state index contributed by atoms with van der Waals surface area (Å²) in [5, 5.41) is 0.747. The molecular formula is C12H19ClN2O. The Morgan fingerprint density at radius 3 is 2.75 bits per heavy atom. The molecular weight excluding hydrogens is 224 g/mol. The first kappa shape index (κ1) is 13.3. The van der Waals surface area contributed by atoms with Gasteiger partial charge in [0.2, 0.25) is 0 Å². The number of likely N-dealkylation sites (N-methyl/N-ethyl adjacent to an activating group) is 1. The lowest BCUT2D eigenvalue weighted by Gasteiger charge is -2.16. The second kappa shape index (κ2) is 6.74. The summed E-state index contributed by atoms with van der Waals surface area (Å²) in [6, 6.07) is 5.70. The first-order valence-corrected chi connectivity index (χ1v) is 5.76. The van der Waals surface area contributed by atoms with Crippen LogP contribution in [0.4, 0.5) is 0 Å². The van der Waals surface area contributed by atoms with E-state index in [2.05, 4.69) is 11.9 Å². The predicted molar refractivity (Wildman–Crippen MR) is 68.3 cm³/mol. The molecule has 0 saturated heterocycles. The summed E-state index contributed by atoms with van der Waals surface area (Å²) in [6.07, 6.45) is 0.917. The number of nitrogens with two attached hydrogens (primary N) is 1. The third kappa shape index (κ3) is 4.00. The van der Waals surface area contributed by atoms with Crippen molar-refractivity contribution < 1.29 is 4.74 Å². The van der Waals surface area contributed by atoms with E-state index in [1.54, 1.807) is 7.11 Å². The third-order valence-electron chi connectivity index (χ3n) is 2.52. The fourth-order valence-electron chi connectivity index (χ4n) is 1.59. The van der Waals surface area contributed by atoms with Crippen LogP contribution in [0.2, 0.25) is 5.02 Å². The Balaban J connectivity index is 2.61. The monoisotopic (exact) mass is 242 g/mol. The van der Waals surface area contributed by atoms with Crippen LogP contribution in [0.1, 0.15) is 5.56 Å². The van der Waals surface area contributed by atoms with Crippen LogP contribution < -0.4 is 10.5 Å². The van der Waals surface area contributed by atoms with Gasteiger partial charge in [-0.15, -0.1) is 0 Å². The Hall–Kier alpha value is -0.770. The van der Waals surface area contributed by atoms with Crippen molar-refractivity contribution >= 4 is 11.6 Å². The van der Waals surface area contributed by atoms with Gasteiger partial charge >= 0.3 is 0 Å². The fourth-order valence-corrected chi connectivity index (χ4v) is 1.78. The molecule has 90 valence electrons. The van der Waals surface area contributed by atoms with Crippen LogP contribution in [0.3, 0.4) is 0 Å². The van der Waals surface area contributed by atoms with Crippen molar-refractivity contribution in [2.45, 2.75) is 6.42 Å². The molecule has 1 aromatic carbocycles. The zero-order valence-corrected chi connectivity index (χ0v) is 10.6. The van der Waals surface area contributed by atoms with E-state index < -0.39 is 0 Å². The molecule has 0 bridgehead atoms. The normalized spacial score (nSPS) is 10.8. The summed E-state index contributed by atoms with van der Waals surface area (Å²) in [7, 11) is 3.74. The van der Waals surface area contributed by atoms with Gasteiger partial charge in [0, 0.05) is 24.7 Å². The molecule has 0 heterocycles. The van der Waals surface area contributed by atoms with Crippen molar-refractivity contribution in [3.63, 3.8) is 0 Å². The lowest BCUT2D eigenvalue weighted by Crippen LogP contribution is -2.27. The molecule has 0 aliphatic carbocycles. The molecule has 0 fully saturated rings. The van der Waals surface area contributed by atoms with Gasteiger partial charge in [-0.05, 0) is 37.2 Å². The maximum atomic E-state index is 5.96. The average molecular weight is 243 g/mol. The van der Waals surface area contributed by atoms with E-state index in [0.29, 0.717) is 6.54 Å². The van der Waals surface area contributed by atoms with E-state index in [0.717, 1.165) is 35.8 Å². The third-order valence-corrected chi connectivity index (χ3v) is 2.75. The highest BCUT2D eigenvalue weighted by molar-refractivity contribution is 6.30. The lowest BCUT2D eigenvalue weighted by molar-refractivity contribution is 0.343. The Morgan fingerprint density at radius 1 is 1.38 bits per heavy atom. The summed E-state index contributed by atoms with van der Waals surface area (Å²) in [5.41, 5.74) is 6.63. The summed E-state index contributed by atoms with van der Waals surface area (Å²) in [5.74, 6) is 0.894. The highest BCUT2D eigenvalue weighted by Gasteiger charge is 2.05. The van der Waals surface area contributed by atoms with Gasteiger partial charge in [-0.1, -0.05) is 11.6 Å². The smallest absolute Gasteiger partial charge is 0.122 e. The van der Waals surface area contributed by atoms with Gasteiger partial charge in [0.1, 0.15) is 5.75 Å². The van der Waals surface area contributed by atoms with Crippen molar-refractivity contribution in [3.05, 3.63) is 28.8 Å². The second-order valence-electron chi connectivity index (χ2n) is 3.80. The van der Waals surface area contributed by atoms with E-state index >= 15 is 0 Å². The van der Waals surface area contributed by atoms with Gasteiger partial charge < -0.3 is 15.4 Å². The zero-order chi connectivity index (χ0) is 12.0. The molecule has 1 rings (SSSR count). The molecule has 0 radical (unpaired) electrons. The molecule has 0 saturated carbocycles. The van der Waals surface area contributed by atoms with Gasteiger partial charge in [-0.25, -0.2) is 0 Å². The lowest BCUT2D eigenvalue weighted by atomic mass is 10.1. The number of nitrogens with zero attached hydrogens (tertiary/aromatic N) is 1. The molecule has 2 N–H and O–H groups in total. The van der Waals surface area contributed by atoms with Gasteiger partial charge in [0.05, 0.1) is 7.11 Å². The first-order valence-electron chi connectivity index (χ1n) is 5.38. The molecule has 0 unspecified atom stereocenters. The number of ether oxygens (including phenoxy) is 1. The van der Waals surface area contributed by atoms with Crippen LogP contribution in [0.5, 0.6) is 5.75 Å². The van der Waals surface area contributed by atoms with Gasteiger partial charge in [0.25, 0.3) is 0 Å². The minimum absolute atomic E-state index is 0.684. The maximum absolute atomic E-state index is 5.96. The van der Waals surface area contributed by atoms with Gasteiger partial charge in [-0.3, -0.25) is 0 Å². The highest BCUT2D eigenvalue weighted by Crippen LogP contribution is 2.23. The quantitative estimate of drug-likeness (QED) is 0.827. The molecule has 0 atom stereocenters. The number of rotatable bonds is 6. The average Bonchev–Trinajstić information content (AvgIpc) is 2.27. The summed E-state index contributed by atoms with van der Waals surface area (Å²) < 4.78 is 5.29. The Labute approximate surface area is 102 Å². The number of benzene rings is 1. The molecule has 0 amide bonds. The highest BCUT2D eigenvalue weighted by atomic mass is 35.5. The summed E-state index contributed by atoms with van der Waals surface area (Å²) >= 11 is 5.96. The van der Waals surface area contributed by atoms with Crippen LogP contribution in [0, 0.1) is 0 Å². The van der Waals surface area contributed by atoms with E-state index in [1.807, 2.05) is 18.2 Å². The molecule has 0 spiro atoms. The van der Waals surface area contributed by atoms with E-state index in [-0.39, 0.29) is 0 Å². The first-order chi connectivity index (χ1) is 7.67. The minimum Gasteiger partial charge on any atom is -0.496 e. The van der Waals surface area contributed by atoms with Crippen LogP contribution in [-0.4, -0.2) is 38.7 Å². The number of methoxy groups -OCH3 is 1. The number of halogens is 1. The summed E-state index contributed by atoms with van der Waals surface area (Å²) in [4.78, 5) is 2.19. The topological polar surface area (TPSA) is 38.5 Å².